The normalized spacial score (nSPS) is 11.3. The Balaban J connectivity index is 2.94. The highest BCUT2D eigenvalue weighted by molar-refractivity contribution is 4.50. The number of hydrazine groups is 1. The van der Waals surface area contributed by atoms with Gasteiger partial charge in [-0.05, 0) is 6.42 Å². The second-order valence-electron chi connectivity index (χ2n) is 5.16. The van der Waals surface area contributed by atoms with Crippen molar-refractivity contribution < 1.29 is 0 Å². The lowest BCUT2D eigenvalue weighted by molar-refractivity contribution is 0.290. The lowest BCUT2D eigenvalue weighted by atomic mass is 10.1. The monoisotopic (exact) mass is 242 g/mol. The van der Waals surface area contributed by atoms with E-state index < -0.39 is 0 Å². The van der Waals surface area contributed by atoms with Crippen LogP contribution in [-0.4, -0.2) is 18.1 Å². The Morgan fingerprint density at radius 2 is 1.06 bits per heavy atom. The van der Waals surface area contributed by atoms with Crippen molar-refractivity contribution in [2.75, 3.05) is 13.1 Å². The molecule has 0 aliphatic rings. The molecule has 17 heavy (non-hydrogen) atoms. The van der Waals surface area contributed by atoms with E-state index in [0.29, 0.717) is 0 Å². The first-order chi connectivity index (χ1) is 8.31. The first-order valence-corrected chi connectivity index (χ1v) is 7.80. The van der Waals surface area contributed by atoms with Gasteiger partial charge in [0, 0.05) is 13.1 Å². The van der Waals surface area contributed by atoms with Crippen LogP contribution in [0.3, 0.4) is 0 Å². The van der Waals surface area contributed by atoms with E-state index >= 15 is 0 Å². The van der Waals surface area contributed by atoms with Gasteiger partial charge in [-0.1, -0.05) is 78.1 Å². The molecule has 0 aromatic carbocycles. The van der Waals surface area contributed by atoms with E-state index in [2.05, 4.69) is 13.8 Å². The second kappa shape index (κ2) is 14.0. The summed E-state index contributed by atoms with van der Waals surface area (Å²) in [6.07, 6.45) is 15.4. The maximum Gasteiger partial charge on any atom is 0.0128 e. The highest BCUT2D eigenvalue weighted by atomic mass is 15.4. The van der Waals surface area contributed by atoms with Gasteiger partial charge in [0.15, 0.2) is 0 Å². The summed E-state index contributed by atoms with van der Waals surface area (Å²) in [5, 5.41) is 1.91. The average molecular weight is 242 g/mol. The molecule has 0 rings (SSSR count). The fraction of sp³-hybridized carbons (Fsp3) is 1.00. The number of rotatable bonds is 13. The lowest BCUT2D eigenvalue weighted by Crippen LogP contribution is -2.31. The minimum Gasteiger partial charge on any atom is -0.269 e. The van der Waals surface area contributed by atoms with Gasteiger partial charge in [-0.25, -0.2) is 5.01 Å². The quantitative estimate of drug-likeness (QED) is 0.293. The first-order valence-electron chi connectivity index (χ1n) is 7.80. The topological polar surface area (TPSA) is 29.3 Å². The zero-order valence-corrected chi connectivity index (χ0v) is 12.2. The predicted molar refractivity (Wildman–Crippen MR) is 77.9 cm³/mol. The standard InChI is InChI=1S/C15H34N2/c1-3-5-6-7-8-9-10-11-12-13-14-15-17(16)4-2/h3-16H2,1-2H3. The fourth-order valence-corrected chi connectivity index (χ4v) is 2.14. The molecule has 0 aromatic rings. The molecule has 0 spiro atoms. The highest BCUT2D eigenvalue weighted by Crippen LogP contribution is 2.11. The van der Waals surface area contributed by atoms with Crippen LogP contribution in [0.4, 0.5) is 0 Å². The highest BCUT2D eigenvalue weighted by Gasteiger charge is 1.95. The van der Waals surface area contributed by atoms with Gasteiger partial charge in [0.05, 0.1) is 0 Å². The van der Waals surface area contributed by atoms with Gasteiger partial charge in [0.25, 0.3) is 0 Å². The summed E-state index contributed by atoms with van der Waals surface area (Å²) in [6, 6.07) is 0. The van der Waals surface area contributed by atoms with Crippen molar-refractivity contribution in [1.82, 2.24) is 5.01 Å². The molecule has 0 radical (unpaired) electrons. The largest absolute Gasteiger partial charge is 0.269 e. The molecule has 2 nitrogen and oxygen atoms in total. The maximum absolute atomic E-state index is 5.73. The van der Waals surface area contributed by atoms with Crippen LogP contribution in [0.15, 0.2) is 0 Å². The van der Waals surface area contributed by atoms with Crippen LogP contribution in [0, 0.1) is 0 Å². The van der Waals surface area contributed by atoms with Crippen molar-refractivity contribution in [2.24, 2.45) is 5.84 Å². The summed E-state index contributed by atoms with van der Waals surface area (Å²) in [7, 11) is 0. The molecule has 0 aliphatic heterocycles. The molecular formula is C15H34N2. The first kappa shape index (κ1) is 16.9. The molecule has 2 heteroatoms. The van der Waals surface area contributed by atoms with Crippen LogP contribution in [0.1, 0.15) is 84.5 Å². The smallest absolute Gasteiger partial charge is 0.0128 e. The molecular weight excluding hydrogens is 208 g/mol. The lowest BCUT2D eigenvalue weighted by Gasteiger charge is -2.12. The second-order valence-corrected chi connectivity index (χ2v) is 5.16. The van der Waals surface area contributed by atoms with Crippen LogP contribution in [0.5, 0.6) is 0 Å². The van der Waals surface area contributed by atoms with Gasteiger partial charge < -0.3 is 0 Å². The molecule has 2 N–H and O–H groups in total. The van der Waals surface area contributed by atoms with Crippen LogP contribution in [0.2, 0.25) is 0 Å². The minimum absolute atomic E-state index is 0.970. The Morgan fingerprint density at radius 3 is 1.47 bits per heavy atom. The number of unbranched alkanes of at least 4 members (excludes halogenated alkanes) is 10. The third kappa shape index (κ3) is 13.9. The van der Waals surface area contributed by atoms with Crippen LogP contribution < -0.4 is 5.84 Å². The summed E-state index contributed by atoms with van der Waals surface area (Å²) in [5.74, 6) is 5.73. The number of nitrogens with two attached hydrogens (primary N) is 1. The van der Waals surface area contributed by atoms with Gasteiger partial charge >= 0.3 is 0 Å². The van der Waals surface area contributed by atoms with E-state index in [0.717, 1.165) is 13.1 Å². The van der Waals surface area contributed by atoms with Gasteiger partial charge in [-0.3, -0.25) is 5.84 Å². The molecule has 0 amide bonds. The molecule has 0 heterocycles. The zero-order valence-electron chi connectivity index (χ0n) is 12.2. The number of hydrogen-bond acceptors (Lipinski definition) is 2. The Kier molecular flexibility index (Phi) is 13.9. The van der Waals surface area contributed by atoms with Gasteiger partial charge in [-0.15, -0.1) is 0 Å². The molecule has 104 valence electrons. The summed E-state index contributed by atoms with van der Waals surface area (Å²) in [4.78, 5) is 0. The predicted octanol–water partition coefficient (Wildman–Crippen LogP) is 4.49. The minimum atomic E-state index is 0.970. The van der Waals surface area contributed by atoms with E-state index in [9.17, 15) is 0 Å². The van der Waals surface area contributed by atoms with E-state index in [1.807, 2.05) is 5.01 Å². The summed E-state index contributed by atoms with van der Waals surface area (Å²) >= 11 is 0. The Morgan fingerprint density at radius 1 is 0.647 bits per heavy atom. The zero-order chi connectivity index (χ0) is 12.8. The van der Waals surface area contributed by atoms with Gasteiger partial charge in [0.1, 0.15) is 0 Å². The molecule has 0 aromatic heterocycles. The molecule has 0 saturated carbocycles. The van der Waals surface area contributed by atoms with Gasteiger partial charge in [0.2, 0.25) is 0 Å². The van der Waals surface area contributed by atoms with E-state index in [4.69, 9.17) is 5.84 Å². The van der Waals surface area contributed by atoms with Crippen molar-refractivity contribution in [3.05, 3.63) is 0 Å². The van der Waals surface area contributed by atoms with Gasteiger partial charge in [-0.2, -0.15) is 0 Å². The van der Waals surface area contributed by atoms with Crippen molar-refractivity contribution in [1.29, 1.82) is 0 Å². The Labute approximate surface area is 109 Å². The fourth-order valence-electron chi connectivity index (χ4n) is 2.14. The van der Waals surface area contributed by atoms with Crippen molar-refractivity contribution >= 4 is 0 Å². The van der Waals surface area contributed by atoms with E-state index in [-0.39, 0.29) is 0 Å². The van der Waals surface area contributed by atoms with Crippen LogP contribution >= 0.6 is 0 Å². The third-order valence-electron chi connectivity index (χ3n) is 3.46. The summed E-state index contributed by atoms with van der Waals surface area (Å²) in [5.41, 5.74) is 0. The number of hydrogen-bond donors (Lipinski definition) is 1. The van der Waals surface area contributed by atoms with E-state index in [1.54, 1.807) is 0 Å². The third-order valence-corrected chi connectivity index (χ3v) is 3.46. The molecule has 0 saturated heterocycles. The average Bonchev–Trinajstić information content (AvgIpc) is 2.35. The number of nitrogens with zero attached hydrogens (tertiary/aromatic N) is 1. The molecule has 0 bridgehead atoms. The van der Waals surface area contributed by atoms with Crippen LogP contribution in [0.25, 0.3) is 0 Å². The van der Waals surface area contributed by atoms with E-state index in [1.165, 1.54) is 70.6 Å². The maximum atomic E-state index is 5.73. The van der Waals surface area contributed by atoms with Crippen molar-refractivity contribution in [3.8, 4) is 0 Å². The molecule has 0 fully saturated rings. The molecule has 0 unspecified atom stereocenters. The Hall–Kier alpha value is -0.0800. The Bertz CT molecular complexity index is 137. The molecule has 0 aliphatic carbocycles. The summed E-state index contributed by atoms with van der Waals surface area (Å²) in [6.45, 7) is 6.42. The summed E-state index contributed by atoms with van der Waals surface area (Å²) < 4.78 is 0. The van der Waals surface area contributed by atoms with Crippen molar-refractivity contribution in [2.45, 2.75) is 84.5 Å². The SMILES string of the molecule is CCCCCCCCCCCCCN(N)CC. The van der Waals surface area contributed by atoms with Crippen LogP contribution in [-0.2, 0) is 0 Å². The molecule has 0 atom stereocenters. The van der Waals surface area contributed by atoms with Crippen molar-refractivity contribution in [3.63, 3.8) is 0 Å².